The van der Waals surface area contributed by atoms with E-state index in [1.165, 1.54) is 25.7 Å². The van der Waals surface area contributed by atoms with E-state index in [0.29, 0.717) is 12.0 Å². The lowest BCUT2D eigenvalue weighted by molar-refractivity contribution is 0.134. The number of rotatable bonds is 11. The minimum absolute atomic E-state index is 0.391. The van der Waals surface area contributed by atoms with Gasteiger partial charge in [0.1, 0.15) is 5.83 Å². The molecule has 2 atom stereocenters. The molecule has 0 saturated heterocycles. The molecule has 2 heteroatoms. The molecule has 1 aliphatic rings. The van der Waals surface area contributed by atoms with Crippen molar-refractivity contribution in [1.29, 1.82) is 0 Å². The molecule has 3 rings (SSSR count). The summed E-state index contributed by atoms with van der Waals surface area (Å²) in [6.07, 6.45) is 11.5. The number of alkyl halides is 1. The van der Waals surface area contributed by atoms with Gasteiger partial charge in [0.05, 0.1) is 0 Å². The summed E-state index contributed by atoms with van der Waals surface area (Å²) in [7, 11) is 0. The van der Waals surface area contributed by atoms with Crippen LogP contribution in [0.1, 0.15) is 77.2 Å². The van der Waals surface area contributed by atoms with Crippen molar-refractivity contribution in [2.75, 3.05) is 0 Å². The predicted molar refractivity (Wildman–Crippen MR) is 129 cm³/mol. The molecule has 0 amide bonds. The molecule has 0 aromatic heterocycles. The van der Waals surface area contributed by atoms with Gasteiger partial charge in [0.15, 0.2) is 6.17 Å². The van der Waals surface area contributed by atoms with Gasteiger partial charge in [0.2, 0.25) is 0 Å². The average Bonchev–Trinajstić information content (AvgIpc) is 2.81. The molecule has 0 heterocycles. The highest BCUT2D eigenvalue weighted by atomic mass is 19.2. The minimum Gasteiger partial charge on any atom is -0.239 e. The van der Waals surface area contributed by atoms with Gasteiger partial charge < -0.3 is 0 Å². The second-order valence-electron chi connectivity index (χ2n) is 8.90. The molecular weight excluding hydrogens is 386 g/mol. The van der Waals surface area contributed by atoms with Gasteiger partial charge in [-0.3, -0.25) is 0 Å². The largest absolute Gasteiger partial charge is 0.239 e. The summed E-state index contributed by atoms with van der Waals surface area (Å²) in [5.41, 5.74) is 2.62. The summed E-state index contributed by atoms with van der Waals surface area (Å²) in [5.74, 6) is -0.602. The van der Waals surface area contributed by atoms with Crippen LogP contribution in [-0.4, -0.2) is 6.17 Å². The van der Waals surface area contributed by atoms with Crippen molar-refractivity contribution in [3.63, 3.8) is 0 Å². The third-order valence-electron chi connectivity index (χ3n) is 6.58. The molecule has 0 bridgehead atoms. The molecule has 0 N–H and O–H groups in total. The summed E-state index contributed by atoms with van der Waals surface area (Å²) >= 11 is 0. The van der Waals surface area contributed by atoms with Crippen LogP contribution in [0.3, 0.4) is 0 Å². The Morgan fingerprint density at radius 1 is 0.710 bits per heavy atom. The van der Waals surface area contributed by atoms with Gasteiger partial charge in [0, 0.05) is 11.0 Å². The highest BCUT2D eigenvalue weighted by molar-refractivity contribution is 5.79. The maximum atomic E-state index is 15.5. The van der Waals surface area contributed by atoms with Crippen LogP contribution < -0.4 is 0 Å². The van der Waals surface area contributed by atoms with E-state index < -0.39 is 17.4 Å². The number of allylic oxidation sites excluding steroid dienone is 4. The Hall–Kier alpha value is -2.22. The molecule has 2 aromatic carbocycles. The van der Waals surface area contributed by atoms with Gasteiger partial charge in [0.25, 0.3) is 0 Å². The lowest BCUT2D eigenvalue weighted by Gasteiger charge is -2.36. The van der Waals surface area contributed by atoms with Crippen molar-refractivity contribution in [3.05, 3.63) is 78.1 Å². The fraction of sp³-hybridized carbons (Fsp3) is 0.448. The Kier molecular flexibility index (Phi) is 8.63. The van der Waals surface area contributed by atoms with Crippen molar-refractivity contribution in [2.24, 2.45) is 5.41 Å². The molecule has 0 fully saturated rings. The second-order valence-corrected chi connectivity index (χ2v) is 8.90. The van der Waals surface area contributed by atoms with Crippen molar-refractivity contribution < 1.29 is 8.78 Å². The molecular formula is C29H36F2. The second kappa shape index (κ2) is 11.4. The van der Waals surface area contributed by atoms with Gasteiger partial charge in [-0.05, 0) is 29.5 Å². The van der Waals surface area contributed by atoms with Crippen LogP contribution in [0.5, 0.6) is 0 Å². The number of hydrogen-bond acceptors (Lipinski definition) is 0. The number of benzene rings is 2. The average molecular weight is 423 g/mol. The van der Waals surface area contributed by atoms with E-state index in [1.807, 2.05) is 66.7 Å². The SMILES string of the molecule is CCCCCCCCC1(CCC)C=CC(c2ccc(-c3ccccc3)cc2)=C(F)C1F. The smallest absolute Gasteiger partial charge is 0.161 e. The topological polar surface area (TPSA) is 0 Å². The lowest BCUT2D eigenvalue weighted by Crippen LogP contribution is -2.33. The fourth-order valence-electron chi connectivity index (χ4n) is 4.75. The lowest BCUT2D eigenvalue weighted by atomic mass is 9.70. The molecule has 0 spiro atoms. The Balaban J connectivity index is 1.73. The minimum atomic E-state index is -1.56. The predicted octanol–water partition coefficient (Wildman–Crippen LogP) is 9.48. The van der Waals surface area contributed by atoms with E-state index >= 15 is 8.78 Å². The van der Waals surface area contributed by atoms with E-state index in [1.54, 1.807) is 0 Å². The third-order valence-corrected chi connectivity index (χ3v) is 6.58. The summed E-state index contributed by atoms with van der Waals surface area (Å²) in [4.78, 5) is 0. The first-order chi connectivity index (χ1) is 15.1. The van der Waals surface area contributed by atoms with Crippen LogP contribution in [0.25, 0.3) is 16.7 Å². The first kappa shape index (κ1) is 23.4. The number of unbranched alkanes of at least 4 members (excludes halogenated alkanes) is 5. The molecule has 31 heavy (non-hydrogen) atoms. The quantitative estimate of drug-likeness (QED) is 0.316. The van der Waals surface area contributed by atoms with Crippen LogP contribution in [0.2, 0.25) is 0 Å². The van der Waals surface area contributed by atoms with Crippen molar-refractivity contribution in [3.8, 4) is 11.1 Å². The Morgan fingerprint density at radius 3 is 2.00 bits per heavy atom. The van der Waals surface area contributed by atoms with E-state index in [0.717, 1.165) is 42.4 Å². The Morgan fingerprint density at radius 2 is 1.32 bits per heavy atom. The zero-order valence-electron chi connectivity index (χ0n) is 19.0. The Bertz CT molecular complexity index is 863. The van der Waals surface area contributed by atoms with E-state index in [-0.39, 0.29) is 0 Å². The van der Waals surface area contributed by atoms with Gasteiger partial charge in [-0.25, -0.2) is 8.78 Å². The standard InChI is InChI=1S/C29H36F2/c1-3-5-6-7-8-12-21-29(20-4-2)22-19-26(27(30)28(29)31)25-17-15-24(16-18-25)23-13-10-9-11-14-23/h9-11,13-19,22,28H,3-8,12,20-21H2,1-2H3. The highest BCUT2D eigenvalue weighted by Crippen LogP contribution is 2.47. The van der Waals surface area contributed by atoms with E-state index in [4.69, 9.17) is 0 Å². The molecule has 2 aromatic rings. The zero-order valence-corrected chi connectivity index (χ0v) is 19.0. The maximum absolute atomic E-state index is 15.5. The first-order valence-electron chi connectivity index (χ1n) is 12.0. The summed E-state index contributed by atoms with van der Waals surface area (Å²) in [5, 5.41) is 0. The monoisotopic (exact) mass is 422 g/mol. The molecule has 2 unspecified atom stereocenters. The van der Waals surface area contributed by atoms with Crippen molar-refractivity contribution in [2.45, 2.75) is 77.8 Å². The molecule has 0 aliphatic heterocycles. The summed E-state index contributed by atoms with van der Waals surface area (Å²) in [6, 6.07) is 17.8. The first-order valence-corrected chi connectivity index (χ1v) is 12.0. The van der Waals surface area contributed by atoms with E-state index in [2.05, 4.69) is 13.8 Å². The van der Waals surface area contributed by atoms with Gasteiger partial charge in [-0.1, -0.05) is 126 Å². The molecule has 0 saturated carbocycles. The highest BCUT2D eigenvalue weighted by Gasteiger charge is 2.42. The van der Waals surface area contributed by atoms with Crippen molar-refractivity contribution in [1.82, 2.24) is 0 Å². The van der Waals surface area contributed by atoms with Crippen LogP contribution in [-0.2, 0) is 0 Å². The van der Waals surface area contributed by atoms with Gasteiger partial charge in [-0.2, -0.15) is 0 Å². The van der Waals surface area contributed by atoms with Gasteiger partial charge >= 0.3 is 0 Å². The normalized spacial score (nSPS) is 21.0. The van der Waals surface area contributed by atoms with Crippen LogP contribution in [0.4, 0.5) is 8.78 Å². The summed E-state index contributed by atoms with van der Waals surface area (Å²) < 4.78 is 30.8. The van der Waals surface area contributed by atoms with E-state index in [9.17, 15) is 0 Å². The molecule has 0 nitrogen and oxygen atoms in total. The molecule has 0 radical (unpaired) electrons. The van der Waals surface area contributed by atoms with Crippen molar-refractivity contribution >= 4 is 5.57 Å². The third kappa shape index (κ3) is 5.73. The molecule has 166 valence electrons. The number of hydrogen-bond donors (Lipinski definition) is 0. The van der Waals surface area contributed by atoms with Crippen LogP contribution in [0, 0.1) is 5.41 Å². The fourth-order valence-corrected chi connectivity index (χ4v) is 4.75. The summed E-state index contributed by atoms with van der Waals surface area (Å²) in [6.45, 7) is 4.27. The Labute approximate surface area is 187 Å². The molecule has 1 aliphatic carbocycles. The van der Waals surface area contributed by atoms with Crippen LogP contribution in [0.15, 0.2) is 72.6 Å². The van der Waals surface area contributed by atoms with Crippen LogP contribution >= 0.6 is 0 Å². The maximum Gasteiger partial charge on any atom is 0.161 e. The zero-order chi connectivity index (χ0) is 22.1. The van der Waals surface area contributed by atoms with Gasteiger partial charge in [-0.15, -0.1) is 0 Å². The number of halogens is 2.